The molecule has 0 aromatic heterocycles. The topological polar surface area (TPSA) is 75.3 Å². The number of sulfonamides is 1. The first-order chi connectivity index (χ1) is 15.5. The minimum absolute atomic E-state index is 0.159. The van der Waals surface area contributed by atoms with Crippen LogP contribution in [-0.2, 0) is 16.2 Å². The molecule has 0 saturated carbocycles. The summed E-state index contributed by atoms with van der Waals surface area (Å²) in [5, 5.41) is 3.02. The van der Waals surface area contributed by atoms with Gasteiger partial charge < -0.3 is 5.32 Å². The zero-order valence-corrected chi connectivity index (χ0v) is 19.3. The molecule has 0 unspecified atom stereocenters. The molecule has 10 heteroatoms. The molecule has 0 aliphatic carbocycles. The maximum Gasteiger partial charge on any atom is 0.416 e. The number of anilines is 2. The maximum atomic E-state index is 12.9. The summed E-state index contributed by atoms with van der Waals surface area (Å²) in [6, 6.07) is 16.4. The van der Waals surface area contributed by atoms with Gasteiger partial charge in [0.05, 0.1) is 16.0 Å². The molecule has 0 aliphatic heterocycles. The van der Waals surface area contributed by atoms with E-state index in [0.717, 1.165) is 23.1 Å². The van der Waals surface area contributed by atoms with E-state index < -0.39 is 21.8 Å². The summed E-state index contributed by atoms with van der Waals surface area (Å²) >= 11 is 1.55. The van der Waals surface area contributed by atoms with Crippen LogP contribution < -0.4 is 10.0 Å². The van der Waals surface area contributed by atoms with Crippen LogP contribution in [0.25, 0.3) is 0 Å². The number of halogens is 3. The van der Waals surface area contributed by atoms with Gasteiger partial charge in [-0.05, 0) is 54.6 Å². The third-order valence-electron chi connectivity index (χ3n) is 4.36. The summed E-state index contributed by atoms with van der Waals surface area (Å²) in [5.41, 5.74) is -0.292. The molecule has 0 spiro atoms. The number of benzene rings is 3. The molecule has 0 bridgehead atoms. The van der Waals surface area contributed by atoms with Gasteiger partial charge in [0.1, 0.15) is 0 Å². The standard InChI is InChI=1S/C23H21F3N2O3S2/c1-15(2)32-21-9-4-3-8-20(21)22(29)27-17-10-12-19(13-11-17)33(30,31)28-18-7-5-6-16(14-18)23(24,25)26/h3-15,28H,1-2H3,(H,27,29). The van der Waals surface area contributed by atoms with E-state index in [9.17, 15) is 26.4 Å². The smallest absolute Gasteiger partial charge is 0.322 e. The Labute approximate surface area is 194 Å². The number of nitrogens with one attached hydrogen (secondary N) is 2. The number of alkyl halides is 3. The van der Waals surface area contributed by atoms with Crippen molar-refractivity contribution in [2.45, 2.75) is 35.1 Å². The number of hydrogen-bond acceptors (Lipinski definition) is 4. The molecular formula is C23H21F3N2O3S2. The van der Waals surface area contributed by atoms with Crippen LogP contribution >= 0.6 is 11.8 Å². The number of amides is 1. The van der Waals surface area contributed by atoms with E-state index in [1.807, 2.05) is 26.0 Å². The molecule has 3 rings (SSSR count). The Kier molecular flexibility index (Phi) is 7.38. The van der Waals surface area contributed by atoms with E-state index in [0.29, 0.717) is 11.3 Å². The minimum Gasteiger partial charge on any atom is -0.322 e. The molecule has 0 atom stereocenters. The Morgan fingerprint density at radius 2 is 1.58 bits per heavy atom. The molecule has 3 aromatic rings. The van der Waals surface area contributed by atoms with Crippen molar-refractivity contribution in [1.82, 2.24) is 0 Å². The fraction of sp³-hybridized carbons (Fsp3) is 0.174. The fourth-order valence-electron chi connectivity index (χ4n) is 2.90. The largest absolute Gasteiger partial charge is 0.416 e. The average Bonchev–Trinajstić information content (AvgIpc) is 2.73. The van der Waals surface area contributed by atoms with Crippen LogP contribution in [-0.4, -0.2) is 19.6 Å². The van der Waals surface area contributed by atoms with Gasteiger partial charge in [0.15, 0.2) is 0 Å². The quantitative estimate of drug-likeness (QED) is 0.380. The van der Waals surface area contributed by atoms with Crippen molar-refractivity contribution in [2.75, 3.05) is 10.0 Å². The Bertz CT molecular complexity index is 1240. The van der Waals surface area contributed by atoms with Crippen molar-refractivity contribution in [2.24, 2.45) is 0 Å². The number of carbonyl (C=O) groups excluding carboxylic acids is 1. The molecule has 3 aromatic carbocycles. The summed E-state index contributed by atoms with van der Waals surface area (Å²) in [6.07, 6.45) is -4.59. The highest BCUT2D eigenvalue weighted by Crippen LogP contribution is 2.31. The Morgan fingerprint density at radius 1 is 0.909 bits per heavy atom. The predicted octanol–water partition coefficient (Wildman–Crippen LogP) is 6.26. The van der Waals surface area contributed by atoms with Gasteiger partial charge in [0, 0.05) is 21.5 Å². The number of rotatable bonds is 7. The van der Waals surface area contributed by atoms with Gasteiger partial charge in [-0.15, -0.1) is 11.8 Å². The Hall–Kier alpha value is -2.98. The molecule has 174 valence electrons. The van der Waals surface area contributed by atoms with Gasteiger partial charge in [-0.1, -0.05) is 32.0 Å². The highest BCUT2D eigenvalue weighted by Gasteiger charge is 2.30. The Morgan fingerprint density at radius 3 is 2.21 bits per heavy atom. The second-order valence-electron chi connectivity index (χ2n) is 7.33. The first-order valence-electron chi connectivity index (χ1n) is 9.83. The molecule has 33 heavy (non-hydrogen) atoms. The van der Waals surface area contributed by atoms with Crippen molar-refractivity contribution in [3.05, 3.63) is 83.9 Å². The third kappa shape index (κ3) is 6.52. The van der Waals surface area contributed by atoms with E-state index in [1.165, 1.54) is 30.3 Å². The second kappa shape index (κ2) is 9.88. The summed E-state index contributed by atoms with van der Waals surface area (Å²) in [6.45, 7) is 4.04. The first-order valence-corrected chi connectivity index (χ1v) is 12.2. The van der Waals surface area contributed by atoms with E-state index in [2.05, 4.69) is 10.0 Å². The monoisotopic (exact) mass is 494 g/mol. The summed E-state index contributed by atoms with van der Waals surface area (Å²) in [5.74, 6) is -0.337. The molecular weight excluding hydrogens is 473 g/mol. The summed E-state index contributed by atoms with van der Waals surface area (Å²) < 4.78 is 65.9. The summed E-state index contributed by atoms with van der Waals surface area (Å²) in [4.78, 5) is 13.4. The molecule has 2 N–H and O–H groups in total. The maximum absolute atomic E-state index is 12.9. The lowest BCUT2D eigenvalue weighted by atomic mass is 10.2. The van der Waals surface area contributed by atoms with Crippen molar-refractivity contribution in [1.29, 1.82) is 0 Å². The lowest BCUT2D eigenvalue weighted by Gasteiger charge is -2.13. The van der Waals surface area contributed by atoms with Crippen LogP contribution in [0.3, 0.4) is 0 Å². The molecule has 0 fully saturated rings. The molecule has 0 saturated heterocycles. The van der Waals surface area contributed by atoms with Crippen LogP contribution in [0.2, 0.25) is 0 Å². The normalized spacial score (nSPS) is 11.9. The van der Waals surface area contributed by atoms with Crippen molar-refractivity contribution < 1.29 is 26.4 Å². The van der Waals surface area contributed by atoms with E-state index in [1.54, 1.807) is 23.9 Å². The van der Waals surface area contributed by atoms with Gasteiger partial charge in [-0.2, -0.15) is 13.2 Å². The predicted molar refractivity (Wildman–Crippen MR) is 124 cm³/mol. The zero-order chi connectivity index (χ0) is 24.2. The number of carbonyl (C=O) groups is 1. The lowest BCUT2D eigenvalue weighted by Crippen LogP contribution is -2.15. The van der Waals surface area contributed by atoms with E-state index >= 15 is 0 Å². The highest BCUT2D eigenvalue weighted by molar-refractivity contribution is 8.00. The van der Waals surface area contributed by atoms with Gasteiger partial charge in [-0.3, -0.25) is 9.52 Å². The van der Waals surface area contributed by atoms with Gasteiger partial charge >= 0.3 is 6.18 Å². The molecule has 0 radical (unpaired) electrons. The van der Waals surface area contributed by atoms with Crippen LogP contribution in [0, 0.1) is 0 Å². The lowest BCUT2D eigenvalue weighted by molar-refractivity contribution is -0.137. The van der Waals surface area contributed by atoms with Crippen molar-refractivity contribution in [3.8, 4) is 0 Å². The molecule has 1 amide bonds. The zero-order valence-electron chi connectivity index (χ0n) is 17.7. The molecule has 5 nitrogen and oxygen atoms in total. The van der Waals surface area contributed by atoms with Crippen molar-refractivity contribution >= 4 is 39.1 Å². The van der Waals surface area contributed by atoms with Crippen molar-refractivity contribution in [3.63, 3.8) is 0 Å². The number of thioether (sulfide) groups is 1. The third-order valence-corrected chi connectivity index (χ3v) is 6.84. The molecule has 0 aliphatic rings. The van der Waals surface area contributed by atoms with Crippen LogP contribution in [0.4, 0.5) is 24.5 Å². The van der Waals surface area contributed by atoms with Gasteiger partial charge in [-0.25, -0.2) is 8.42 Å². The van der Waals surface area contributed by atoms with Crippen LogP contribution in [0.5, 0.6) is 0 Å². The van der Waals surface area contributed by atoms with Gasteiger partial charge in [0.2, 0.25) is 0 Å². The molecule has 0 heterocycles. The Balaban J connectivity index is 1.74. The fourth-order valence-corrected chi connectivity index (χ4v) is 4.90. The van der Waals surface area contributed by atoms with Crippen LogP contribution in [0.15, 0.2) is 82.6 Å². The summed E-state index contributed by atoms with van der Waals surface area (Å²) in [7, 11) is -4.13. The van der Waals surface area contributed by atoms with Gasteiger partial charge in [0.25, 0.3) is 15.9 Å². The van der Waals surface area contributed by atoms with E-state index in [4.69, 9.17) is 0 Å². The number of hydrogen-bond donors (Lipinski definition) is 2. The van der Waals surface area contributed by atoms with Crippen LogP contribution in [0.1, 0.15) is 29.8 Å². The minimum atomic E-state index is -4.59. The van der Waals surface area contributed by atoms with E-state index in [-0.39, 0.29) is 21.7 Å². The highest BCUT2D eigenvalue weighted by atomic mass is 32.2. The second-order valence-corrected chi connectivity index (χ2v) is 10.6. The average molecular weight is 495 g/mol. The SMILES string of the molecule is CC(C)Sc1ccccc1C(=O)Nc1ccc(S(=O)(=O)Nc2cccc(C(F)(F)F)c2)cc1. The first kappa shape index (κ1) is 24.7.